The lowest BCUT2D eigenvalue weighted by Crippen LogP contribution is -2.50. The second kappa shape index (κ2) is 8.69. The molecule has 2 aromatic carbocycles. The van der Waals surface area contributed by atoms with E-state index in [0.29, 0.717) is 5.76 Å². The van der Waals surface area contributed by atoms with Gasteiger partial charge >= 0.3 is 0 Å². The Hall–Kier alpha value is -2.93. The molecule has 34 heavy (non-hydrogen) atoms. The number of carbonyl (C=O) groups is 1. The van der Waals surface area contributed by atoms with Gasteiger partial charge in [-0.25, -0.2) is 0 Å². The first-order valence-corrected chi connectivity index (χ1v) is 12.7. The molecule has 4 aromatic rings. The van der Waals surface area contributed by atoms with Crippen LogP contribution in [0.2, 0.25) is 0 Å². The van der Waals surface area contributed by atoms with Crippen LogP contribution in [0.25, 0.3) is 10.1 Å². The van der Waals surface area contributed by atoms with E-state index in [1.807, 2.05) is 17.4 Å². The highest BCUT2D eigenvalue weighted by molar-refractivity contribution is 7.19. The highest BCUT2D eigenvalue weighted by Gasteiger charge is 2.54. The van der Waals surface area contributed by atoms with Crippen LogP contribution in [-0.4, -0.2) is 37.1 Å². The number of rotatable bonds is 5. The maximum atomic E-state index is 12.9. The minimum absolute atomic E-state index is 0.108. The van der Waals surface area contributed by atoms with E-state index in [9.17, 15) is 4.79 Å². The van der Waals surface area contributed by atoms with E-state index in [-0.39, 0.29) is 23.5 Å². The zero-order valence-corrected chi connectivity index (χ0v) is 20.0. The van der Waals surface area contributed by atoms with Crippen molar-refractivity contribution in [3.8, 4) is 0 Å². The number of furan rings is 1. The molecular weight excluding hydrogens is 444 g/mol. The molecular formula is C28H28N2O3S. The van der Waals surface area contributed by atoms with Crippen LogP contribution in [0, 0.1) is 0 Å². The van der Waals surface area contributed by atoms with Gasteiger partial charge in [0.15, 0.2) is 5.76 Å². The molecule has 0 radical (unpaired) electrons. The van der Waals surface area contributed by atoms with Crippen LogP contribution in [0.5, 0.6) is 0 Å². The molecule has 1 N–H and O–H groups in total. The Balaban J connectivity index is 1.23. The summed E-state index contributed by atoms with van der Waals surface area (Å²) in [6.45, 7) is 2.98. The first kappa shape index (κ1) is 21.6. The van der Waals surface area contributed by atoms with Crippen molar-refractivity contribution in [2.24, 2.45) is 0 Å². The van der Waals surface area contributed by atoms with Crippen LogP contribution < -0.4 is 5.32 Å². The standard InChI is InChI=1S/C28H28N2O3S/c1-32-26-25(29-27(31)23-10-6-16-33-23)21-8-3-4-9-22(21)28(26)12-14-30(15-13-28)18-20-17-19-7-2-5-11-24(19)34-20/h2-11,16-17,25-26H,12-15,18H2,1H3,(H,29,31)/t25-,26+/m1/s1. The van der Waals surface area contributed by atoms with E-state index in [1.54, 1.807) is 19.2 Å². The fourth-order valence-electron chi connectivity index (χ4n) is 5.99. The van der Waals surface area contributed by atoms with Crippen molar-refractivity contribution in [3.63, 3.8) is 0 Å². The van der Waals surface area contributed by atoms with E-state index in [0.717, 1.165) is 38.0 Å². The number of hydrogen-bond donors (Lipinski definition) is 1. The Morgan fingerprint density at radius 2 is 1.91 bits per heavy atom. The highest BCUT2D eigenvalue weighted by atomic mass is 32.1. The second-order valence-corrected chi connectivity index (χ2v) is 10.5. The van der Waals surface area contributed by atoms with E-state index < -0.39 is 0 Å². The van der Waals surface area contributed by atoms with Crippen LogP contribution in [0.1, 0.15) is 45.4 Å². The molecule has 2 aliphatic rings. The summed E-state index contributed by atoms with van der Waals surface area (Å²) in [7, 11) is 1.77. The number of methoxy groups -OCH3 is 1. The van der Waals surface area contributed by atoms with Gasteiger partial charge < -0.3 is 14.5 Å². The quantitative estimate of drug-likeness (QED) is 0.415. The molecule has 6 rings (SSSR count). The molecule has 5 nitrogen and oxygen atoms in total. The van der Waals surface area contributed by atoms with Gasteiger partial charge in [-0.05, 0) is 66.7 Å². The van der Waals surface area contributed by atoms with Crippen LogP contribution in [0.3, 0.4) is 0 Å². The lowest BCUT2D eigenvalue weighted by atomic mass is 9.72. The third-order valence-electron chi connectivity index (χ3n) is 7.57. The van der Waals surface area contributed by atoms with Gasteiger partial charge in [0.25, 0.3) is 5.91 Å². The van der Waals surface area contributed by atoms with Crippen molar-refractivity contribution in [1.82, 2.24) is 10.2 Å². The Bertz CT molecular complexity index is 1270. The number of piperidine rings is 1. The predicted molar refractivity (Wildman–Crippen MR) is 134 cm³/mol. The SMILES string of the molecule is CO[C@H]1[C@H](NC(=O)c2ccco2)c2ccccc2C12CCN(Cc1cc3ccccc3s1)CC2. The molecule has 1 fully saturated rings. The van der Waals surface area contributed by atoms with Crippen molar-refractivity contribution >= 4 is 27.3 Å². The molecule has 1 saturated heterocycles. The van der Waals surface area contributed by atoms with Crippen LogP contribution in [0.15, 0.2) is 77.4 Å². The van der Waals surface area contributed by atoms with E-state index in [1.165, 1.54) is 26.8 Å². The van der Waals surface area contributed by atoms with Crippen LogP contribution >= 0.6 is 11.3 Å². The molecule has 0 saturated carbocycles. The molecule has 0 unspecified atom stereocenters. The summed E-state index contributed by atoms with van der Waals surface area (Å²) >= 11 is 1.89. The van der Waals surface area contributed by atoms with Crippen LogP contribution in [-0.2, 0) is 16.7 Å². The first-order chi connectivity index (χ1) is 16.7. The number of thiophene rings is 1. The van der Waals surface area contributed by atoms with Gasteiger partial charge in [-0.3, -0.25) is 9.69 Å². The third-order valence-corrected chi connectivity index (χ3v) is 8.67. The number of fused-ring (bicyclic) bond motifs is 3. The minimum atomic E-state index is -0.203. The van der Waals surface area contributed by atoms with Gasteiger partial charge in [0.05, 0.1) is 18.4 Å². The van der Waals surface area contributed by atoms with E-state index in [2.05, 4.69) is 58.7 Å². The largest absolute Gasteiger partial charge is 0.459 e. The first-order valence-electron chi connectivity index (χ1n) is 11.8. The topological polar surface area (TPSA) is 54.7 Å². The fraction of sp³-hybridized carbons (Fsp3) is 0.321. The Morgan fingerprint density at radius 3 is 2.68 bits per heavy atom. The maximum Gasteiger partial charge on any atom is 0.287 e. The number of benzene rings is 2. The van der Waals surface area contributed by atoms with Gasteiger partial charge in [0, 0.05) is 28.6 Å². The molecule has 2 aromatic heterocycles. The Morgan fingerprint density at radius 1 is 1.12 bits per heavy atom. The monoisotopic (exact) mass is 472 g/mol. The Labute approximate surface area is 203 Å². The summed E-state index contributed by atoms with van der Waals surface area (Å²) in [6.07, 6.45) is 3.41. The summed E-state index contributed by atoms with van der Waals surface area (Å²) in [6, 6.07) is 22.7. The lowest BCUT2D eigenvalue weighted by Gasteiger charge is -2.44. The predicted octanol–water partition coefficient (Wildman–Crippen LogP) is 5.53. The smallest absolute Gasteiger partial charge is 0.287 e. The van der Waals surface area contributed by atoms with Gasteiger partial charge in [-0.2, -0.15) is 0 Å². The van der Waals surface area contributed by atoms with Crippen molar-refractivity contribution in [3.05, 3.63) is 94.8 Å². The lowest BCUT2D eigenvalue weighted by molar-refractivity contribution is -0.0122. The van der Waals surface area contributed by atoms with Crippen molar-refractivity contribution < 1.29 is 13.9 Å². The number of hydrogen-bond acceptors (Lipinski definition) is 5. The molecule has 1 aliphatic heterocycles. The highest BCUT2D eigenvalue weighted by Crippen LogP contribution is 2.52. The van der Waals surface area contributed by atoms with Crippen molar-refractivity contribution in [2.45, 2.75) is 36.9 Å². The molecule has 3 heterocycles. The fourth-order valence-corrected chi connectivity index (χ4v) is 7.10. The summed E-state index contributed by atoms with van der Waals surface area (Å²) in [5, 5.41) is 4.54. The second-order valence-electron chi connectivity index (χ2n) is 9.35. The number of nitrogens with zero attached hydrogens (tertiary/aromatic N) is 1. The Kier molecular flexibility index (Phi) is 5.52. The van der Waals surface area contributed by atoms with E-state index in [4.69, 9.17) is 9.15 Å². The normalized spacial score (nSPS) is 21.7. The molecule has 1 aliphatic carbocycles. The molecule has 1 spiro atoms. The van der Waals surface area contributed by atoms with Crippen molar-refractivity contribution in [1.29, 1.82) is 0 Å². The molecule has 174 valence electrons. The summed E-state index contributed by atoms with van der Waals surface area (Å²) < 4.78 is 12.8. The number of likely N-dealkylation sites (tertiary alicyclic amines) is 1. The average molecular weight is 473 g/mol. The zero-order valence-electron chi connectivity index (χ0n) is 19.2. The summed E-state index contributed by atoms with van der Waals surface area (Å²) in [5.74, 6) is 0.123. The maximum absolute atomic E-state index is 12.9. The average Bonchev–Trinajstić information content (AvgIpc) is 3.59. The minimum Gasteiger partial charge on any atom is -0.459 e. The van der Waals surface area contributed by atoms with Gasteiger partial charge in [-0.1, -0.05) is 42.5 Å². The van der Waals surface area contributed by atoms with E-state index >= 15 is 0 Å². The molecule has 1 amide bonds. The van der Waals surface area contributed by atoms with Crippen molar-refractivity contribution in [2.75, 3.05) is 20.2 Å². The van der Waals surface area contributed by atoms with Gasteiger partial charge in [0.1, 0.15) is 0 Å². The number of nitrogens with one attached hydrogen (secondary N) is 1. The summed E-state index contributed by atoms with van der Waals surface area (Å²) in [4.78, 5) is 16.8. The molecule has 0 bridgehead atoms. The van der Waals surface area contributed by atoms with Gasteiger partial charge in [0.2, 0.25) is 0 Å². The van der Waals surface area contributed by atoms with Crippen LogP contribution in [0.4, 0.5) is 0 Å². The molecule has 2 atom stereocenters. The summed E-state index contributed by atoms with van der Waals surface area (Å²) in [5.41, 5.74) is 2.36. The third kappa shape index (κ3) is 3.57. The number of amides is 1. The molecule has 6 heteroatoms. The number of carbonyl (C=O) groups excluding carboxylic acids is 1. The number of ether oxygens (including phenoxy) is 1. The van der Waals surface area contributed by atoms with Gasteiger partial charge in [-0.15, -0.1) is 11.3 Å². The zero-order chi connectivity index (χ0) is 23.1.